The lowest BCUT2D eigenvalue weighted by molar-refractivity contribution is -0.384. The third-order valence-electron chi connectivity index (χ3n) is 4.88. The van der Waals surface area contributed by atoms with Crippen LogP contribution in [0.3, 0.4) is 0 Å². The number of hydrogen-bond donors (Lipinski definition) is 1. The summed E-state index contributed by atoms with van der Waals surface area (Å²) >= 11 is 2.74. The molecule has 1 aliphatic carbocycles. The number of nitro benzene ring substituents is 1. The molecule has 28 heavy (non-hydrogen) atoms. The molecule has 144 valence electrons. The summed E-state index contributed by atoms with van der Waals surface area (Å²) in [6.07, 6.45) is 2.97. The van der Waals surface area contributed by atoms with E-state index in [0.717, 1.165) is 29.7 Å². The Hall–Kier alpha value is -2.52. The molecular formula is C19H17N3O4S2. The zero-order chi connectivity index (χ0) is 19.8. The van der Waals surface area contributed by atoms with Crippen molar-refractivity contribution in [2.75, 3.05) is 5.75 Å². The first-order chi connectivity index (χ1) is 13.4. The number of thiophene rings is 1. The van der Waals surface area contributed by atoms with Gasteiger partial charge in [0.2, 0.25) is 0 Å². The molecule has 1 unspecified atom stereocenters. The highest BCUT2D eigenvalue weighted by Crippen LogP contribution is 2.36. The number of aromatic amines is 1. The van der Waals surface area contributed by atoms with Crippen molar-refractivity contribution in [2.24, 2.45) is 5.92 Å². The summed E-state index contributed by atoms with van der Waals surface area (Å²) in [5.41, 5.74) is 1.31. The molecule has 1 aliphatic rings. The van der Waals surface area contributed by atoms with E-state index in [9.17, 15) is 19.7 Å². The van der Waals surface area contributed by atoms with Crippen molar-refractivity contribution in [3.8, 4) is 0 Å². The second-order valence-electron chi connectivity index (χ2n) is 6.92. The molecule has 0 spiro atoms. The summed E-state index contributed by atoms with van der Waals surface area (Å²) in [4.78, 5) is 44.4. The Morgan fingerprint density at radius 1 is 1.39 bits per heavy atom. The monoisotopic (exact) mass is 415 g/mol. The van der Waals surface area contributed by atoms with E-state index >= 15 is 0 Å². The number of nitrogens with zero attached hydrogens (tertiary/aromatic N) is 2. The minimum atomic E-state index is -0.506. The second-order valence-corrected chi connectivity index (χ2v) is 8.97. The van der Waals surface area contributed by atoms with Gasteiger partial charge in [-0.25, -0.2) is 4.98 Å². The van der Waals surface area contributed by atoms with E-state index in [-0.39, 0.29) is 22.8 Å². The van der Waals surface area contributed by atoms with Gasteiger partial charge >= 0.3 is 0 Å². The van der Waals surface area contributed by atoms with Crippen LogP contribution in [-0.2, 0) is 12.8 Å². The van der Waals surface area contributed by atoms with Crippen LogP contribution in [-0.4, -0.2) is 26.4 Å². The maximum atomic E-state index is 12.6. The molecule has 2 heterocycles. The molecule has 7 nitrogen and oxygen atoms in total. The maximum Gasteiger partial charge on any atom is 0.269 e. The van der Waals surface area contributed by atoms with Gasteiger partial charge in [-0.3, -0.25) is 19.7 Å². The van der Waals surface area contributed by atoms with Crippen LogP contribution in [0.5, 0.6) is 0 Å². The van der Waals surface area contributed by atoms with Gasteiger partial charge in [0, 0.05) is 22.6 Å². The number of rotatable bonds is 5. The molecule has 0 aliphatic heterocycles. The standard InChI is InChI=1S/C19H17N3O4S2/c1-10-2-7-13-15(8-10)28-18-16(13)17(24)20-19(21-18)27-9-14(23)11-3-5-12(6-4-11)22(25)26/h3-6,10H,2,7-9H2,1H3,(H,20,21,24). The molecule has 9 heteroatoms. The zero-order valence-electron chi connectivity index (χ0n) is 15.1. The normalized spacial score (nSPS) is 16.1. The molecule has 2 aromatic heterocycles. The number of hydrogen-bond acceptors (Lipinski definition) is 7. The Labute approximate surface area is 168 Å². The highest BCUT2D eigenvalue weighted by molar-refractivity contribution is 7.99. The molecule has 1 atom stereocenters. The van der Waals surface area contributed by atoms with Gasteiger partial charge in [-0.1, -0.05) is 18.7 Å². The average Bonchev–Trinajstić information content (AvgIpc) is 3.03. The number of H-pyrrole nitrogens is 1. The van der Waals surface area contributed by atoms with Crippen LogP contribution in [0.1, 0.15) is 34.1 Å². The Bertz CT molecular complexity index is 1130. The number of non-ortho nitro benzene ring substituents is 1. The first kappa shape index (κ1) is 18.8. The van der Waals surface area contributed by atoms with Crippen molar-refractivity contribution in [1.82, 2.24) is 9.97 Å². The van der Waals surface area contributed by atoms with Gasteiger partial charge in [0.05, 0.1) is 16.1 Å². The Morgan fingerprint density at radius 2 is 2.14 bits per heavy atom. The van der Waals surface area contributed by atoms with Gasteiger partial charge in [0.25, 0.3) is 11.2 Å². The van der Waals surface area contributed by atoms with Gasteiger partial charge in [-0.05, 0) is 42.9 Å². The van der Waals surface area contributed by atoms with E-state index < -0.39 is 4.92 Å². The van der Waals surface area contributed by atoms with Crippen molar-refractivity contribution >= 4 is 44.8 Å². The van der Waals surface area contributed by atoms with E-state index in [2.05, 4.69) is 16.9 Å². The third kappa shape index (κ3) is 3.59. The molecule has 0 bridgehead atoms. The fourth-order valence-corrected chi connectivity index (χ4v) is 5.58. The Kier molecular flexibility index (Phi) is 5.03. The summed E-state index contributed by atoms with van der Waals surface area (Å²) < 4.78 is 0. The zero-order valence-corrected chi connectivity index (χ0v) is 16.7. The Morgan fingerprint density at radius 3 is 2.86 bits per heavy atom. The summed E-state index contributed by atoms with van der Waals surface area (Å²) in [6.45, 7) is 2.22. The van der Waals surface area contributed by atoms with Gasteiger partial charge in [-0.15, -0.1) is 11.3 Å². The maximum absolute atomic E-state index is 12.6. The second kappa shape index (κ2) is 7.48. The highest BCUT2D eigenvalue weighted by Gasteiger charge is 2.23. The van der Waals surface area contributed by atoms with Crippen LogP contribution in [0.4, 0.5) is 5.69 Å². The number of aromatic nitrogens is 2. The Balaban J connectivity index is 1.53. The predicted molar refractivity (Wildman–Crippen MR) is 110 cm³/mol. The topological polar surface area (TPSA) is 106 Å². The number of carbonyl (C=O) groups excluding carboxylic acids is 1. The number of carbonyl (C=O) groups is 1. The number of Topliss-reactive ketones (excluding diaryl/α,β-unsaturated/α-hetero) is 1. The van der Waals surface area contributed by atoms with Crippen molar-refractivity contribution in [1.29, 1.82) is 0 Å². The fourth-order valence-electron chi connectivity index (χ4n) is 3.38. The molecule has 0 fully saturated rings. The summed E-state index contributed by atoms with van der Waals surface area (Å²) in [5.74, 6) is 0.531. The molecule has 4 rings (SSSR count). The van der Waals surface area contributed by atoms with E-state index in [1.807, 2.05) is 0 Å². The SMILES string of the molecule is CC1CCc2c(sc3nc(SCC(=O)c4ccc([N+](=O)[O-])cc4)[nH]c(=O)c23)C1. The average molecular weight is 415 g/mol. The van der Waals surface area contributed by atoms with Gasteiger partial charge in [0.15, 0.2) is 10.9 Å². The highest BCUT2D eigenvalue weighted by atomic mass is 32.2. The lowest BCUT2D eigenvalue weighted by Gasteiger charge is -2.17. The number of nitrogens with one attached hydrogen (secondary N) is 1. The van der Waals surface area contributed by atoms with Crippen molar-refractivity contribution in [3.63, 3.8) is 0 Å². The number of fused-ring (bicyclic) bond motifs is 3. The van der Waals surface area contributed by atoms with Crippen LogP contribution in [0.25, 0.3) is 10.2 Å². The molecular weight excluding hydrogens is 398 g/mol. The first-order valence-electron chi connectivity index (χ1n) is 8.87. The number of ketones is 1. The van der Waals surface area contributed by atoms with Gasteiger partial charge < -0.3 is 4.98 Å². The molecule has 0 saturated carbocycles. The van der Waals surface area contributed by atoms with E-state index in [0.29, 0.717) is 22.0 Å². The van der Waals surface area contributed by atoms with Gasteiger partial charge in [0.1, 0.15) is 4.83 Å². The van der Waals surface area contributed by atoms with Crippen molar-refractivity contribution in [3.05, 3.63) is 60.7 Å². The van der Waals surface area contributed by atoms with Crippen molar-refractivity contribution in [2.45, 2.75) is 31.3 Å². The molecule has 3 aromatic rings. The van der Waals surface area contributed by atoms with Gasteiger partial charge in [-0.2, -0.15) is 0 Å². The summed E-state index contributed by atoms with van der Waals surface area (Å²) in [7, 11) is 0. The number of thioether (sulfide) groups is 1. The van der Waals surface area contributed by atoms with Crippen LogP contribution in [0.15, 0.2) is 34.2 Å². The number of aryl methyl sites for hydroxylation is 1. The number of benzene rings is 1. The quantitative estimate of drug-likeness (QED) is 0.222. The summed E-state index contributed by atoms with van der Waals surface area (Å²) in [6, 6.07) is 5.49. The lowest BCUT2D eigenvalue weighted by Crippen LogP contribution is -2.13. The first-order valence-corrected chi connectivity index (χ1v) is 10.7. The molecule has 0 amide bonds. The van der Waals surface area contributed by atoms with E-state index in [1.54, 1.807) is 11.3 Å². The van der Waals surface area contributed by atoms with Crippen molar-refractivity contribution < 1.29 is 9.72 Å². The largest absolute Gasteiger partial charge is 0.301 e. The lowest BCUT2D eigenvalue weighted by atomic mass is 9.89. The minimum Gasteiger partial charge on any atom is -0.301 e. The molecule has 0 saturated heterocycles. The number of nitro groups is 1. The van der Waals surface area contributed by atoms with Crippen LogP contribution >= 0.6 is 23.1 Å². The fraction of sp³-hybridized carbons (Fsp3) is 0.316. The van der Waals surface area contributed by atoms with E-state index in [4.69, 9.17) is 0 Å². The minimum absolute atomic E-state index is 0.0587. The smallest absolute Gasteiger partial charge is 0.269 e. The summed E-state index contributed by atoms with van der Waals surface area (Å²) in [5, 5.41) is 11.8. The van der Waals surface area contributed by atoms with Crippen LogP contribution in [0.2, 0.25) is 0 Å². The van der Waals surface area contributed by atoms with Crippen LogP contribution < -0.4 is 5.56 Å². The van der Waals surface area contributed by atoms with E-state index in [1.165, 1.54) is 40.9 Å². The third-order valence-corrected chi connectivity index (χ3v) is 6.91. The molecule has 0 radical (unpaired) electrons. The molecule has 1 N–H and O–H groups in total. The predicted octanol–water partition coefficient (Wildman–Crippen LogP) is 3.99. The van der Waals surface area contributed by atoms with Crippen LogP contribution in [0, 0.1) is 16.0 Å². The molecule has 1 aromatic carbocycles.